The Bertz CT molecular complexity index is 1560. The maximum absolute atomic E-state index is 13.6. The van der Waals surface area contributed by atoms with Gasteiger partial charge in [0.05, 0.1) is 41.9 Å². The van der Waals surface area contributed by atoms with Crippen LogP contribution in [0, 0.1) is 17.7 Å². The van der Waals surface area contributed by atoms with E-state index in [2.05, 4.69) is 37.4 Å². The average Bonchev–Trinajstić information content (AvgIpc) is 3.19. The van der Waals surface area contributed by atoms with E-state index >= 15 is 0 Å². The number of pyridine rings is 1. The minimum absolute atomic E-state index is 0.251. The molecule has 0 fully saturated rings. The van der Waals surface area contributed by atoms with Crippen LogP contribution in [0.15, 0.2) is 73.1 Å². The average molecular weight is 523 g/mol. The summed E-state index contributed by atoms with van der Waals surface area (Å²) < 4.78 is 18.7. The fourth-order valence-electron chi connectivity index (χ4n) is 3.96. The molecule has 0 bridgehead atoms. The van der Waals surface area contributed by atoms with Gasteiger partial charge in [-0.1, -0.05) is 30.0 Å². The van der Waals surface area contributed by atoms with E-state index < -0.39 is 0 Å². The van der Waals surface area contributed by atoms with E-state index in [-0.39, 0.29) is 30.1 Å². The molecule has 39 heavy (non-hydrogen) atoms. The van der Waals surface area contributed by atoms with Crippen LogP contribution in [0.25, 0.3) is 0 Å². The molecule has 2 amide bonds. The van der Waals surface area contributed by atoms with Crippen molar-refractivity contribution in [1.82, 2.24) is 19.9 Å². The first-order valence-electron chi connectivity index (χ1n) is 12.1. The molecule has 5 rings (SSSR count). The second kappa shape index (κ2) is 11.4. The van der Waals surface area contributed by atoms with Crippen LogP contribution in [0.2, 0.25) is 0 Å². The summed E-state index contributed by atoms with van der Waals surface area (Å²) in [6.07, 6.45) is 4.12. The van der Waals surface area contributed by atoms with Crippen molar-refractivity contribution >= 4 is 35.0 Å². The van der Waals surface area contributed by atoms with Gasteiger partial charge in [0.2, 0.25) is 11.8 Å². The number of rotatable bonds is 8. The van der Waals surface area contributed by atoms with Gasteiger partial charge in [-0.15, -0.1) is 0 Å². The molecule has 0 spiro atoms. The van der Waals surface area contributed by atoms with Crippen LogP contribution in [-0.4, -0.2) is 45.3 Å². The van der Waals surface area contributed by atoms with Gasteiger partial charge >= 0.3 is 0 Å². The molecular formula is C29H23FN6O3. The molecule has 0 saturated heterocycles. The molecule has 0 aliphatic carbocycles. The van der Waals surface area contributed by atoms with Crippen molar-refractivity contribution in [3.8, 4) is 17.7 Å². The summed E-state index contributed by atoms with van der Waals surface area (Å²) in [6.45, 7) is 0.274. The van der Waals surface area contributed by atoms with E-state index in [4.69, 9.17) is 4.74 Å². The van der Waals surface area contributed by atoms with E-state index in [1.807, 2.05) is 0 Å². The monoisotopic (exact) mass is 522 g/mol. The third-order valence-corrected chi connectivity index (χ3v) is 5.86. The van der Waals surface area contributed by atoms with Gasteiger partial charge in [0.15, 0.2) is 5.82 Å². The maximum Gasteiger partial charge on any atom is 0.261 e. The number of amides is 2. The van der Waals surface area contributed by atoms with Crippen molar-refractivity contribution in [2.75, 3.05) is 24.3 Å². The molecule has 4 aromatic rings. The predicted octanol–water partition coefficient (Wildman–Crippen LogP) is 4.93. The summed E-state index contributed by atoms with van der Waals surface area (Å²) in [6, 6.07) is 16.3. The van der Waals surface area contributed by atoms with Crippen LogP contribution in [0.1, 0.15) is 39.1 Å². The predicted molar refractivity (Wildman–Crippen MR) is 144 cm³/mol. The molecule has 2 aromatic heterocycles. The second-order valence-corrected chi connectivity index (χ2v) is 8.52. The number of fused-ring (bicyclic) bond motifs is 1. The molecule has 2 N–H and O–H groups in total. The molecular weight excluding hydrogens is 499 g/mol. The van der Waals surface area contributed by atoms with Gasteiger partial charge in [-0.3, -0.25) is 14.5 Å². The highest BCUT2D eigenvalue weighted by Crippen LogP contribution is 2.24. The maximum atomic E-state index is 13.6. The molecule has 3 heterocycles. The van der Waals surface area contributed by atoms with Crippen molar-refractivity contribution in [3.63, 3.8) is 0 Å². The Morgan fingerprint density at radius 1 is 0.923 bits per heavy atom. The fourth-order valence-corrected chi connectivity index (χ4v) is 3.96. The van der Waals surface area contributed by atoms with Gasteiger partial charge in [-0.05, 0) is 42.8 Å². The van der Waals surface area contributed by atoms with Crippen LogP contribution in [-0.2, 0) is 0 Å². The number of methoxy groups -OCH3 is 1. The molecule has 0 unspecified atom stereocenters. The van der Waals surface area contributed by atoms with Crippen molar-refractivity contribution in [2.45, 2.75) is 12.8 Å². The molecule has 1 aliphatic heterocycles. The number of hydrogen-bond donors (Lipinski definition) is 2. The zero-order valence-corrected chi connectivity index (χ0v) is 20.9. The summed E-state index contributed by atoms with van der Waals surface area (Å²) in [5.41, 5.74) is 2.54. The Kier molecular flexibility index (Phi) is 7.41. The van der Waals surface area contributed by atoms with Gasteiger partial charge in [0, 0.05) is 24.7 Å². The third kappa shape index (κ3) is 5.83. The van der Waals surface area contributed by atoms with E-state index in [9.17, 15) is 14.0 Å². The molecule has 0 radical (unpaired) electrons. The van der Waals surface area contributed by atoms with E-state index in [0.29, 0.717) is 52.6 Å². The lowest BCUT2D eigenvalue weighted by atomic mass is 10.1. The first kappa shape index (κ1) is 25.4. The molecule has 2 aromatic carbocycles. The van der Waals surface area contributed by atoms with Gasteiger partial charge < -0.3 is 15.4 Å². The largest absolute Gasteiger partial charge is 0.481 e. The molecule has 10 heteroatoms. The number of hydrogen-bond acceptors (Lipinski definition) is 8. The van der Waals surface area contributed by atoms with E-state index in [1.54, 1.807) is 60.9 Å². The number of ether oxygens (including phenoxy) is 1. The lowest BCUT2D eigenvalue weighted by molar-refractivity contribution is 0.0653. The highest BCUT2D eigenvalue weighted by atomic mass is 19.1. The van der Waals surface area contributed by atoms with Gasteiger partial charge in [-0.25, -0.2) is 14.4 Å². The van der Waals surface area contributed by atoms with Crippen molar-refractivity contribution in [1.29, 1.82) is 0 Å². The number of aromatic nitrogens is 3. The van der Waals surface area contributed by atoms with Gasteiger partial charge in [-0.2, -0.15) is 4.98 Å². The van der Waals surface area contributed by atoms with E-state index in [0.717, 1.165) is 0 Å². The first-order valence-corrected chi connectivity index (χ1v) is 12.1. The lowest BCUT2D eigenvalue weighted by Crippen LogP contribution is -2.30. The zero-order valence-electron chi connectivity index (χ0n) is 20.9. The first-order chi connectivity index (χ1) is 19.0. The Morgan fingerprint density at radius 3 is 2.41 bits per heavy atom. The number of imide groups is 1. The smallest absolute Gasteiger partial charge is 0.261 e. The third-order valence-electron chi connectivity index (χ3n) is 5.86. The van der Waals surface area contributed by atoms with Crippen LogP contribution in [0.4, 0.5) is 27.5 Å². The molecule has 0 atom stereocenters. The van der Waals surface area contributed by atoms with Gasteiger partial charge in [0.1, 0.15) is 5.82 Å². The summed E-state index contributed by atoms with van der Waals surface area (Å²) >= 11 is 0. The van der Waals surface area contributed by atoms with Crippen LogP contribution in [0.3, 0.4) is 0 Å². The van der Waals surface area contributed by atoms with Crippen LogP contribution in [0.5, 0.6) is 5.88 Å². The summed E-state index contributed by atoms with van der Waals surface area (Å²) in [5, 5.41) is 6.17. The summed E-state index contributed by atoms with van der Waals surface area (Å²) in [5.74, 6) is 6.33. The molecule has 1 aliphatic rings. The summed E-state index contributed by atoms with van der Waals surface area (Å²) in [7, 11) is 1.53. The number of nitrogens with one attached hydrogen (secondary N) is 2. The molecule has 194 valence electrons. The number of carbonyl (C=O) groups is 2. The minimum atomic E-state index is -0.383. The van der Waals surface area contributed by atoms with Crippen molar-refractivity contribution < 1.29 is 18.7 Å². The number of carbonyl (C=O) groups excluding carboxylic acids is 2. The second-order valence-electron chi connectivity index (χ2n) is 8.52. The number of anilines is 4. The zero-order chi connectivity index (χ0) is 27.2. The number of nitrogens with zero attached hydrogens (tertiary/aromatic N) is 4. The van der Waals surface area contributed by atoms with E-state index in [1.165, 1.54) is 24.1 Å². The normalized spacial score (nSPS) is 12.0. The topological polar surface area (TPSA) is 109 Å². The van der Waals surface area contributed by atoms with Gasteiger partial charge in [0.25, 0.3) is 11.8 Å². The number of benzene rings is 2. The Labute approximate surface area is 224 Å². The van der Waals surface area contributed by atoms with Crippen molar-refractivity contribution in [3.05, 3.63) is 95.6 Å². The fraction of sp³-hybridized carbons (Fsp3) is 0.138. The molecule has 9 nitrogen and oxygen atoms in total. The SMILES string of the molecule is COc1ccc(Nc2nc(Nc3cccc(F)c3)ncc2C#CCCCN2C(=O)c3ccccc3C2=O)cn1. The Balaban J connectivity index is 1.30. The lowest BCUT2D eigenvalue weighted by Gasteiger charge is -2.12. The van der Waals surface area contributed by atoms with Crippen molar-refractivity contribution in [2.24, 2.45) is 0 Å². The van der Waals surface area contributed by atoms with Crippen LogP contribution >= 0.6 is 0 Å². The number of halogens is 1. The highest BCUT2D eigenvalue weighted by molar-refractivity contribution is 6.21. The van der Waals surface area contributed by atoms with Crippen LogP contribution < -0.4 is 15.4 Å². The minimum Gasteiger partial charge on any atom is -0.481 e. The summed E-state index contributed by atoms with van der Waals surface area (Å²) in [4.78, 5) is 39.4. The standard InChI is InChI=1S/C29H23FN6O3/c1-39-25-14-13-22(18-31-25)33-26-19(17-32-29(35-26)34-21-10-7-9-20(30)16-21)8-3-2-6-15-36-27(37)23-11-4-5-12-24(23)28(36)38/h4-5,7,9-14,16-18H,2,6,15H2,1H3,(H2,32,33,34,35). The Morgan fingerprint density at radius 2 is 1.72 bits per heavy atom. The quantitative estimate of drug-likeness (QED) is 0.190. The molecule has 0 saturated carbocycles. The Hall–Kier alpha value is -5.30. The highest BCUT2D eigenvalue weighted by Gasteiger charge is 2.34. The number of unbranched alkanes of at least 4 members (excludes halogenated alkanes) is 1.